The zero-order chi connectivity index (χ0) is 11.6. The van der Waals surface area contributed by atoms with Crippen molar-refractivity contribution in [1.29, 1.82) is 0 Å². The summed E-state index contributed by atoms with van der Waals surface area (Å²) in [6.07, 6.45) is 4.25. The summed E-state index contributed by atoms with van der Waals surface area (Å²) in [4.78, 5) is 21.5. The molecule has 2 atom stereocenters. The smallest absolute Gasteiger partial charge is 0.322 e. The van der Waals surface area contributed by atoms with Crippen molar-refractivity contribution in [3.8, 4) is 0 Å². The quantitative estimate of drug-likeness (QED) is 0.200. The first kappa shape index (κ1) is 12.1. The lowest BCUT2D eigenvalue weighted by atomic mass is 9.92. The van der Waals surface area contributed by atoms with Crippen molar-refractivity contribution in [2.45, 2.75) is 3.55 Å². The first-order valence-corrected chi connectivity index (χ1v) is 5.07. The van der Waals surface area contributed by atoms with Gasteiger partial charge in [-0.2, -0.15) is 0 Å². The van der Waals surface area contributed by atoms with E-state index in [9.17, 15) is 14.9 Å². The third-order valence-corrected chi connectivity index (χ3v) is 2.99. The monoisotopic (exact) mass is 324 g/mol. The molecular weight excluding hydrogens is 315 g/mol. The Bertz CT molecular complexity index is 362. The van der Waals surface area contributed by atoms with Gasteiger partial charge in [-0.15, -0.1) is 0 Å². The summed E-state index contributed by atoms with van der Waals surface area (Å²) in [5.74, 6) is -1.79. The number of rotatable bonds is 2. The first-order chi connectivity index (χ1) is 6.90. The molecule has 1 rings (SSSR count). The summed E-state index contributed by atoms with van der Waals surface area (Å²) in [6, 6.07) is 0. The number of nitrogens with two attached hydrogens (primary N) is 1. The Hall–Kier alpha value is -0.960. The van der Waals surface area contributed by atoms with Crippen molar-refractivity contribution in [3.63, 3.8) is 0 Å². The third kappa shape index (κ3) is 2.34. The highest BCUT2D eigenvalue weighted by molar-refractivity contribution is 14.1. The summed E-state index contributed by atoms with van der Waals surface area (Å²) in [7, 11) is 1.17. The van der Waals surface area contributed by atoms with Crippen LogP contribution in [-0.4, -0.2) is 21.5 Å². The molecule has 0 aromatic rings. The van der Waals surface area contributed by atoms with Crippen molar-refractivity contribution in [2.24, 2.45) is 11.7 Å². The van der Waals surface area contributed by atoms with Gasteiger partial charge in [0.25, 0.3) is 5.70 Å². The van der Waals surface area contributed by atoms with E-state index in [-0.39, 0.29) is 5.70 Å². The number of alkyl halides is 1. The molecule has 82 valence electrons. The van der Waals surface area contributed by atoms with E-state index in [1.54, 1.807) is 22.6 Å². The highest BCUT2D eigenvalue weighted by Crippen LogP contribution is 2.34. The molecule has 1 aliphatic rings. The number of nitro groups is 1. The minimum atomic E-state index is -1.12. The molecule has 1 aliphatic carbocycles. The van der Waals surface area contributed by atoms with Crippen LogP contribution in [0.2, 0.25) is 0 Å². The Morgan fingerprint density at radius 2 is 2.40 bits per heavy atom. The summed E-state index contributed by atoms with van der Waals surface area (Å²) in [6.45, 7) is 0. The second-order valence-electron chi connectivity index (χ2n) is 2.99. The number of esters is 1. The largest absolute Gasteiger partial charge is 0.468 e. The number of ether oxygens (including phenoxy) is 1. The maximum Gasteiger partial charge on any atom is 0.322 e. The molecule has 0 bridgehead atoms. The Morgan fingerprint density at radius 1 is 1.80 bits per heavy atom. The van der Waals surface area contributed by atoms with E-state index < -0.39 is 20.4 Å². The Kier molecular flexibility index (Phi) is 3.45. The summed E-state index contributed by atoms with van der Waals surface area (Å²) in [5, 5.41) is 10.7. The van der Waals surface area contributed by atoms with E-state index in [4.69, 9.17) is 5.73 Å². The minimum Gasteiger partial charge on any atom is -0.468 e. The molecular formula is C8H9IN2O4. The molecule has 0 aromatic heterocycles. The zero-order valence-electron chi connectivity index (χ0n) is 7.84. The normalized spacial score (nSPS) is 29.5. The molecule has 0 spiro atoms. The molecule has 7 heteroatoms. The molecule has 6 nitrogen and oxygen atoms in total. The Morgan fingerprint density at radius 3 is 2.87 bits per heavy atom. The molecule has 0 aliphatic heterocycles. The Labute approximate surface area is 99.4 Å². The van der Waals surface area contributed by atoms with E-state index in [1.165, 1.54) is 25.3 Å². The van der Waals surface area contributed by atoms with Gasteiger partial charge in [-0.25, -0.2) is 0 Å². The predicted molar refractivity (Wildman–Crippen MR) is 60.7 cm³/mol. The lowest BCUT2D eigenvalue weighted by Crippen LogP contribution is -2.47. The molecule has 0 saturated heterocycles. The molecule has 15 heavy (non-hydrogen) atoms. The fraction of sp³-hybridized carbons (Fsp3) is 0.375. The predicted octanol–water partition coefficient (Wildman–Crippen LogP) is 0.596. The maximum atomic E-state index is 11.4. The van der Waals surface area contributed by atoms with Gasteiger partial charge in [0.05, 0.1) is 12.0 Å². The SMILES string of the molecule is COC(=O)C1C([N+](=O)[O-])=CC=CC1(N)I. The lowest BCUT2D eigenvalue weighted by Gasteiger charge is -2.27. The molecule has 2 N–H and O–H groups in total. The standard InChI is InChI=1S/C8H9IN2O4/c1-15-7(12)6-5(11(13)14)3-2-4-8(6,9)10/h2-4,6H,10H2,1H3. The van der Waals surface area contributed by atoms with E-state index >= 15 is 0 Å². The van der Waals surface area contributed by atoms with Crippen molar-refractivity contribution in [3.05, 3.63) is 34.0 Å². The van der Waals surface area contributed by atoms with Crippen LogP contribution in [0.25, 0.3) is 0 Å². The number of carbonyl (C=O) groups is 1. The van der Waals surface area contributed by atoms with Crippen molar-refractivity contribution >= 4 is 28.6 Å². The van der Waals surface area contributed by atoms with Gasteiger partial charge in [0, 0.05) is 6.08 Å². The van der Waals surface area contributed by atoms with E-state index in [2.05, 4.69) is 4.74 Å². The van der Waals surface area contributed by atoms with Crippen molar-refractivity contribution in [1.82, 2.24) is 0 Å². The highest BCUT2D eigenvalue weighted by atomic mass is 127. The van der Waals surface area contributed by atoms with Gasteiger partial charge in [0.15, 0.2) is 5.92 Å². The summed E-state index contributed by atoms with van der Waals surface area (Å²) >= 11 is 1.78. The second kappa shape index (κ2) is 4.27. The number of nitrogens with zero attached hydrogens (tertiary/aromatic N) is 1. The Balaban J connectivity index is 3.15. The van der Waals surface area contributed by atoms with Crippen molar-refractivity contribution < 1.29 is 14.5 Å². The average molecular weight is 324 g/mol. The topological polar surface area (TPSA) is 95.5 Å². The number of allylic oxidation sites excluding steroid dienone is 2. The van der Waals surface area contributed by atoms with E-state index in [0.717, 1.165) is 0 Å². The van der Waals surface area contributed by atoms with Crippen molar-refractivity contribution in [2.75, 3.05) is 7.11 Å². The van der Waals surface area contributed by atoms with Gasteiger partial charge in [0.1, 0.15) is 3.55 Å². The third-order valence-electron chi connectivity index (χ3n) is 2.00. The number of hydrogen-bond donors (Lipinski definition) is 1. The van der Waals surface area contributed by atoms with E-state index in [1.807, 2.05) is 0 Å². The number of methoxy groups -OCH3 is 1. The van der Waals surface area contributed by atoms with Crippen LogP contribution < -0.4 is 5.73 Å². The van der Waals surface area contributed by atoms with Gasteiger partial charge >= 0.3 is 5.97 Å². The van der Waals surface area contributed by atoms with Crippen LogP contribution in [0.15, 0.2) is 23.9 Å². The number of hydrogen-bond acceptors (Lipinski definition) is 5. The summed E-state index contributed by atoms with van der Waals surface area (Å²) in [5.41, 5.74) is 5.53. The van der Waals surface area contributed by atoms with Gasteiger partial charge in [0.2, 0.25) is 0 Å². The van der Waals surface area contributed by atoms with Crippen LogP contribution >= 0.6 is 22.6 Å². The van der Waals surface area contributed by atoms with Crippen LogP contribution in [0.4, 0.5) is 0 Å². The number of halogens is 1. The van der Waals surface area contributed by atoms with E-state index in [0.29, 0.717) is 0 Å². The van der Waals surface area contributed by atoms with Crippen LogP contribution in [-0.2, 0) is 9.53 Å². The molecule has 0 heterocycles. The first-order valence-electron chi connectivity index (χ1n) is 3.99. The van der Waals surface area contributed by atoms with Gasteiger partial charge in [-0.3, -0.25) is 14.9 Å². The molecule has 0 saturated carbocycles. The second-order valence-corrected chi connectivity index (χ2v) is 4.86. The van der Waals surface area contributed by atoms with Crippen LogP contribution in [0.1, 0.15) is 0 Å². The molecule has 2 unspecified atom stereocenters. The van der Waals surface area contributed by atoms with Gasteiger partial charge < -0.3 is 10.5 Å². The lowest BCUT2D eigenvalue weighted by molar-refractivity contribution is -0.433. The fourth-order valence-corrected chi connectivity index (χ4v) is 2.08. The van der Waals surface area contributed by atoms with Crippen LogP contribution in [0.5, 0.6) is 0 Å². The minimum absolute atomic E-state index is 0.249. The molecule has 0 aromatic carbocycles. The zero-order valence-corrected chi connectivity index (χ0v) is 10.0. The average Bonchev–Trinajstić information content (AvgIpc) is 2.14. The molecule has 0 fully saturated rings. The van der Waals surface area contributed by atoms with Gasteiger partial charge in [-0.05, 0) is 0 Å². The summed E-state index contributed by atoms with van der Waals surface area (Å²) < 4.78 is 3.38. The molecule has 0 radical (unpaired) electrons. The molecule has 0 amide bonds. The van der Waals surface area contributed by atoms with Gasteiger partial charge in [-0.1, -0.05) is 34.7 Å². The number of carbonyl (C=O) groups excluding carboxylic acids is 1. The maximum absolute atomic E-state index is 11.4. The fourth-order valence-electron chi connectivity index (χ4n) is 1.30. The van der Waals surface area contributed by atoms with Crippen LogP contribution in [0.3, 0.4) is 0 Å². The van der Waals surface area contributed by atoms with Crippen LogP contribution in [0, 0.1) is 16.0 Å². The highest BCUT2D eigenvalue weighted by Gasteiger charge is 2.47.